The van der Waals surface area contributed by atoms with E-state index in [0.29, 0.717) is 79.3 Å². The van der Waals surface area contributed by atoms with Crippen molar-refractivity contribution in [3.63, 3.8) is 0 Å². The van der Waals surface area contributed by atoms with Gasteiger partial charge in [0.15, 0.2) is 11.5 Å². The van der Waals surface area contributed by atoms with Gasteiger partial charge in [-0.2, -0.15) is 0 Å². The van der Waals surface area contributed by atoms with Crippen LogP contribution in [-0.2, 0) is 54.0 Å². The van der Waals surface area contributed by atoms with Crippen molar-refractivity contribution in [2.24, 2.45) is 0 Å². The summed E-state index contributed by atoms with van der Waals surface area (Å²) >= 11 is 0. The van der Waals surface area contributed by atoms with Gasteiger partial charge in [0, 0.05) is 19.8 Å². The van der Waals surface area contributed by atoms with Crippen LogP contribution in [0.4, 0.5) is 0 Å². The van der Waals surface area contributed by atoms with Crippen LogP contribution in [0.3, 0.4) is 0 Å². The fourth-order valence-electron chi connectivity index (χ4n) is 5.17. The van der Waals surface area contributed by atoms with Crippen molar-refractivity contribution in [1.29, 1.82) is 0 Å². The van der Waals surface area contributed by atoms with Gasteiger partial charge in [-0.25, -0.2) is 9.59 Å². The Kier molecular flexibility index (Phi) is 27.0. The fraction of sp³-hybridized carbons (Fsp3) is 0.523. The summed E-state index contributed by atoms with van der Waals surface area (Å²) in [4.78, 5) is 38.0. The Morgan fingerprint density at radius 2 is 0.887 bits per heavy atom. The molecule has 1 amide bonds. The van der Waals surface area contributed by atoms with Gasteiger partial charge in [-0.15, -0.1) is 0 Å². The number of nitrogens with one attached hydrogen (secondary N) is 1. The standard InChI is InChI=1S/C44H61NO17/c1-49-12-14-53-16-18-55-20-22-57-24-26-60-39-31-35(42(46)45-10-11-59-38-29-36(43(47)51-3)28-37(30-38)44(48)52-4)32-40(41(39)62-33-34-8-6-5-7-9-34)61-27-25-58-23-21-56-19-17-54-15-13-50-2/h5-9,28-32H,10-27,33H2,1-4H3,(H,45,46). The van der Waals surface area contributed by atoms with Crippen LogP contribution < -0.4 is 24.3 Å². The summed E-state index contributed by atoms with van der Waals surface area (Å²) in [6, 6.07) is 16.9. The number of methoxy groups -OCH3 is 4. The third-order valence-electron chi connectivity index (χ3n) is 8.24. The smallest absolute Gasteiger partial charge is 0.338 e. The van der Waals surface area contributed by atoms with Crippen LogP contribution in [0.15, 0.2) is 60.7 Å². The predicted molar refractivity (Wildman–Crippen MR) is 224 cm³/mol. The van der Waals surface area contributed by atoms with Crippen molar-refractivity contribution in [3.8, 4) is 23.0 Å². The molecule has 0 heterocycles. The fourth-order valence-corrected chi connectivity index (χ4v) is 5.17. The van der Waals surface area contributed by atoms with Gasteiger partial charge in [0.1, 0.15) is 32.2 Å². The largest absolute Gasteiger partial charge is 0.492 e. The minimum absolute atomic E-state index is 0.00818. The number of ether oxygens (including phenoxy) is 14. The van der Waals surface area contributed by atoms with E-state index in [9.17, 15) is 14.4 Å². The van der Waals surface area contributed by atoms with E-state index < -0.39 is 17.8 Å². The van der Waals surface area contributed by atoms with Crippen molar-refractivity contribution < 1.29 is 80.7 Å². The summed E-state index contributed by atoms with van der Waals surface area (Å²) in [6.07, 6.45) is 0. The lowest BCUT2D eigenvalue weighted by Crippen LogP contribution is -2.28. The van der Waals surface area contributed by atoms with Crippen LogP contribution >= 0.6 is 0 Å². The zero-order valence-electron chi connectivity index (χ0n) is 36.1. The number of amides is 1. The Hall–Kier alpha value is -5.05. The van der Waals surface area contributed by atoms with Crippen LogP contribution in [0.2, 0.25) is 0 Å². The zero-order valence-corrected chi connectivity index (χ0v) is 36.1. The van der Waals surface area contributed by atoms with E-state index in [1.807, 2.05) is 30.3 Å². The van der Waals surface area contributed by atoms with Gasteiger partial charge < -0.3 is 71.6 Å². The number of carbonyl (C=O) groups excluding carboxylic acids is 3. The van der Waals surface area contributed by atoms with Crippen molar-refractivity contribution >= 4 is 17.8 Å². The third kappa shape index (κ3) is 21.2. The molecule has 3 aromatic rings. The molecule has 0 aliphatic rings. The average molecular weight is 876 g/mol. The van der Waals surface area contributed by atoms with Crippen LogP contribution in [0.25, 0.3) is 0 Å². The molecule has 18 heteroatoms. The zero-order chi connectivity index (χ0) is 44.5. The summed E-state index contributed by atoms with van der Waals surface area (Å²) < 4.78 is 77.2. The Morgan fingerprint density at radius 3 is 1.32 bits per heavy atom. The topological polar surface area (TPSA) is 192 Å². The van der Waals surface area contributed by atoms with Crippen molar-refractivity contribution in [1.82, 2.24) is 5.32 Å². The van der Waals surface area contributed by atoms with Crippen LogP contribution in [0.5, 0.6) is 23.0 Å². The lowest BCUT2D eigenvalue weighted by molar-refractivity contribution is -0.000335. The molecule has 62 heavy (non-hydrogen) atoms. The second kappa shape index (κ2) is 32.6. The molecule has 0 unspecified atom stereocenters. The minimum Gasteiger partial charge on any atom is -0.492 e. The molecule has 3 aromatic carbocycles. The highest BCUT2D eigenvalue weighted by molar-refractivity contribution is 5.96. The van der Waals surface area contributed by atoms with Crippen LogP contribution in [0.1, 0.15) is 36.6 Å². The van der Waals surface area contributed by atoms with Crippen LogP contribution in [0, 0.1) is 0 Å². The summed E-state index contributed by atoms with van der Waals surface area (Å²) in [5.41, 5.74) is 1.31. The Morgan fingerprint density at radius 1 is 0.452 bits per heavy atom. The molecule has 0 radical (unpaired) electrons. The van der Waals surface area contributed by atoms with Gasteiger partial charge in [0.25, 0.3) is 5.91 Å². The first kappa shape index (κ1) is 51.3. The monoisotopic (exact) mass is 875 g/mol. The molecule has 0 atom stereocenters. The van der Waals surface area contributed by atoms with Gasteiger partial charge in [-0.1, -0.05) is 30.3 Å². The molecule has 0 aliphatic heterocycles. The van der Waals surface area contributed by atoms with Crippen molar-refractivity contribution in [2.75, 3.05) is 147 Å². The van der Waals surface area contributed by atoms with E-state index in [1.54, 1.807) is 26.4 Å². The number of carbonyl (C=O) groups is 3. The molecule has 1 N–H and O–H groups in total. The molecule has 18 nitrogen and oxygen atoms in total. The highest BCUT2D eigenvalue weighted by Crippen LogP contribution is 2.40. The molecule has 0 fully saturated rings. The highest BCUT2D eigenvalue weighted by Gasteiger charge is 2.20. The van der Waals surface area contributed by atoms with E-state index in [4.69, 9.17) is 66.3 Å². The van der Waals surface area contributed by atoms with E-state index in [1.165, 1.54) is 32.4 Å². The number of esters is 2. The van der Waals surface area contributed by atoms with Crippen molar-refractivity contribution in [2.45, 2.75) is 6.61 Å². The quantitative estimate of drug-likeness (QED) is 0.0655. The first-order valence-electron chi connectivity index (χ1n) is 20.2. The Bertz CT molecular complexity index is 1610. The SMILES string of the molecule is COCCOCCOCCOCCOc1cc(C(=O)NCCOc2cc(C(=O)OC)cc(C(=O)OC)c2)cc(OCCOCCOCCOCCOC)c1OCc1ccccc1. The minimum atomic E-state index is -0.659. The number of hydrogen-bond donors (Lipinski definition) is 1. The normalized spacial score (nSPS) is 10.9. The van der Waals surface area contributed by atoms with Crippen molar-refractivity contribution in [3.05, 3.63) is 82.9 Å². The Balaban J connectivity index is 1.69. The summed E-state index contributed by atoms with van der Waals surface area (Å²) in [5.74, 6) is -0.781. The average Bonchev–Trinajstić information content (AvgIpc) is 3.30. The predicted octanol–water partition coefficient (Wildman–Crippen LogP) is 3.80. The second-order valence-electron chi connectivity index (χ2n) is 12.8. The third-order valence-corrected chi connectivity index (χ3v) is 8.24. The molecule has 344 valence electrons. The van der Waals surface area contributed by atoms with E-state index in [0.717, 1.165) is 5.56 Å². The number of hydrogen-bond acceptors (Lipinski definition) is 17. The summed E-state index contributed by atoms with van der Waals surface area (Å²) in [6.45, 7) is 6.15. The first-order valence-corrected chi connectivity index (χ1v) is 20.2. The number of benzene rings is 3. The lowest BCUT2D eigenvalue weighted by Gasteiger charge is -2.19. The molecule has 0 saturated heterocycles. The summed E-state index contributed by atoms with van der Waals surface area (Å²) in [5, 5.41) is 2.82. The molecule has 0 saturated carbocycles. The molecule has 0 aromatic heterocycles. The molecule has 0 aliphatic carbocycles. The van der Waals surface area contributed by atoms with E-state index in [2.05, 4.69) is 5.32 Å². The first-order chi connectivity index (χ1) is 30.4. The maximum atomic E-state index is 13.6. The van der Waals surface area contributed by atoms with E-state index in [-0.39, 0.29) is 85.9 Å². The van der Waals surface area contributed by atoms with Gasteiger partial charge in [0.2, 0.25) is 5.75 Å². The van der Waals surface area contributed by atoms with E-state index >= 15 is 0 Å². The maximum Gasteiger partial charge on any atom is 0.338 e. The molecule has 3 rings (SSSR count). The Labute approximate surface area is 363 Å². The summed E-state index contributed by atoms with van der Waals surface area (Å²) in [7, 11) is 5.68. The highest BCUT2D eigenvalue weighted by atomic mass is 16.6. The van der Waals surface area contributed by atoms with Gasteiger partial charge in [-0.05, 0) is 35.9 Å². The number of rotatable bonds is 36. The van der Waals surface area contributed by atoms with Crippen LogP contribution in [-0.4, -0.2) is 165 Å². The molecule has 0 spiro atoms. The lowest BCUT2D eigenvalue weighted by atomic mass is 10.1. The molecule has 0 bridgehead atoms. The van der Waals surface area contributed by atoms with Gasteiger partial charge in [-0.3, -0.25) is 4.79 Å². The maximum absolute atomic E-state index is 13.6. The molecular formula is C44H61NO17. The second-order valence-corrected chi connectivity index (χ2v) is 12.8. The van der Waals surface area contributed by atoms with Gasteiger partial charge in [0.05, 0.1) is 124 Å². The molecular weight excluding hydrogens is 814 g/mol. The van der Waals surface area contributed by atoms with Gasteiger partial charge >= 0.3 is 11.9 Å².